The van der Waals surface area contributed by atoms with E-state index in [2.05, 4.69) is 29.1 Å². The van der Waals surface area contributed by atoms with Gasteiger partial charge in [-0.15, -0.1) is 0 Å². The van der Waals surface area contributed by atoms with E-state index in [9.17, 15) is 0 Å². The molecule has 18 heavy (non-hydrogen) atoms. The second kappa shape index (κ2) is 7.46. The summed E-state index contributed by atoms with van der Waals surface area (Å²) in [5.74, 6) is 0. The number of rotatable bonds is 4. The van der Waals surface area contributed by atoms with E-state index in [4.69, 9.17) is 0 Å². The normalized spacial score (nSPS) is 32.3. The molecule has 2 rings (SSSR count). The van der Waals surface area contributed by atoms with Crippen LogP contribution in [0.1, 0.15) is 45.4 Å². The molecule has 0 radical (unpaired) electrons. The molecule has 1 N–H and O–H groups in total. The summed E-state index contributed by atoms with van der Waals surface area (Å²) in [6, 6.07) is 1.54. The lowest BCUT2D eigenvalue weighted by atomic mass is 10.0. The van der Waals surface area contributed by atoms with E-state index in [0.717, 1.165) is 12.1 Å². The van der Waals surface area contributed by atoms with Gasteiger partial charge in [0, 0.05) is 18.6 Å². The SMILES string of the molecule is CC1CN(C)CCCN1CCCC1CCCCN1. The minimum absolute atomic E-state index is 0.733. The topological polar surface area (TPSA) is 18.5 Å². The quantitative estimate of drug-likeness (QED) is 0.826. The van der Waals surface area contributed by atoms with Crippen LogP contribution in [0.25, 0.3) is 0 Å². The van der Waals surface area contributed by atoms with Gasteiger partial charge in [0.2, 0.25) is 0 Å². The van der Waals surface area contributed by atoms with Crippen LogP contribution in [-0.4, -0.2) is 61.7 Å². The van der Waals surface area contributed by atoms with E-state index >= 15 is 0 Å². The van der Waals surface area contributed by atoms with Crippen LogP contribution in [0.2, 0.25) is 0 Å². The second-order valence-corrected chi connectivity index (χ2v) is 6.29. The van der Waals surface area contributed by atoms with Gasteiger partial charge in [-0.25, -0.2) is 0 Å². The Bertz CT molecular complexity index is 226. The van der Waals surface area contributed by atoms with E-state index in [1.807, 2.05) is 0 Å². The van der Waals surface area contributed by atoms with Gasteiger partial charge in [-0.3, -0.25) is 4.90 Å². The van der Waals surface area contributed by atoms with Crippen molar-refractivity contribution in [2.24, 2.45) is 0 Å². The zero-order valence-corrected chi connectivity index (χ0v) is 12.3. The molecule has 3 nitrogen and oxygen atoms in total. The molecule has 0 bridgehead atoms. The van der Waals surface area contributed by atoms with E-state index < -0.39 is 0 Å². The van der Waals surface area contributed by atoms with Crippen molar-refractivity contribution in [3.05, 3.63) is 0 Å². The van der Waals surface area contributed by atoms with Crippen LogP contribution in [0.15, 0.2) is 0 Å². The first-order valence-electron chi connectivity index (χ1n) is 7.91. The lowest BCUT2D eigenvalue weighted by molar-refractivity contribution is 0.195. The third-order valence-electron chi connectivity index (χ3n) is 4.59. The van der Waals surface area contributed by atoms with Crippen molar-refractivity contribution in [1.29, 1.82) is 0 Å². The first-order chi connectivity index (χ1) is 8.75. The zero-order chi connectivity index (χ0) is 12.8. The van der Waals surface area contributed by atoms with Crippen molar-refractivity contribution in [3.8, 4) is 0 Å². The Morgan fingerprint density at radius 1 is 1.17 bits per heavy atom. The average Bonchev–Trinajstić information content (AvgIpc) is 2.52. The number of nitrogens with zero attached hydrogens (tertiary/aromatic N) is 2. The van der Waals surface area contributed by atoms with Gasteiger partial charge in [0.15, 0.2) is 0 Å². The minimum atomic E-state index is 0.733. The molecule has 0 aromatic carbocycles. The molecule has 0 aliphatic carbocycles. The lowest BCUT2D eigenvalue weighted by Crippen LogP contribution is -2.39. The summed E-state index contributed by atoms with van der Waals surface area (Å²) in [6.45, 7) is 8.74. The molecule has 0 spiro atoms. The molecule has 2 fully saturated rings. The first-order valence-corrected chi connectivity index (χ1v) is 7.91. The average molecular weight is 253 g/mol. The molecule has 0 aromatic heterocycles. The smallest absolute Gasteiger partial charge is 0.0194 e. The van der Waals surface area contributed by atoms with Crippen LogP contribution in [0.3, 0.4) is 0 Å². The summed E-state index contributed by atoms with van der Waals surface area (Å²) < 4.78 is 0. The summed E-state index contributed by atoms with van der Waals surface area (Å²) in [5, 5.41) is 3.66. The van der Waals surface area contributed by atoms with Gasteiger partial charge in [0.05, 0.1) is 0 Å². The third kappa shape index (κ3) is 4.52. The minimum Gasteiger partial charge on any atom is -0.314 e. The van der Waals surface area contributed by atoms with Gasteiger partial charge < -0.3 is 10.2 Å². The molecule has 2 unspecified atom stereocenters. The van der Waals surface area contributed by atoms with E-state index in [1.165, 1.54) is 71.2 Å². The van der Waals surface area contributed by atoms with E-state index in [-0.39, 0.29) is 0 Å². The fourth-order valence-corrected chi connectivity index (χ4v) is 3.47. The summed E-state index contributed by atoms with van der Waals surface area (Å²) in [4.78, 5) is 5.18. The van der Waals surface area contributed by atoms with Gasteiger partial charge in [-0.2, -0.15) is 0 Å². The maximum Gasteiger partial charge on any atom is 0.0194 e. The second-order valence-electron chi connectivity index (χ2n) is 6.29. The number of piperidine rings is 1. The van der Waals surface area contributed by atoms with Crippen molar-refractivity contribution >= 4 is 0 Å². The van der Waals surface area contributed by atoms with Crippen LogP contribution in [0, 0.1) is 0 Å². The van der Waals surface area contributed by atoms with Crippen LogP contribution in [-0.2, 0) is 0 Å². The van der Waals surface area contributed by atoms with Crippen molar-refractivity contribution in [1.82, 2.24) is 15.1 Å². The summed E-state index contributed by atoms with van der Waals surface area (Å²) in [6.07, 6.45) is 8.29. The summed E-state index contributed by atoms with van der Waals surface area (Å²) in [5.41, 5.74) is 0. The maximum atomic E-state index is 3.66. The van der Waals surface area contributed by atoms with Gasteiger partial charge in [-0.05, 0) is 72.3 Å². The van der Waals surface area contributed by atoms with E-state index in [0.29, 0.717) is 0 Å². The molecular weight excluding hydrogens is 222 g/mol. The Morgan fingerprint density at radius 3 is 2.83 bits per heavy atom. The summed E-state index contributed by atoms with van der Waals surface area (Å²) in [7, 11) is 2.26. The molecule has 0 amide bonds. The number of hydrogen-bond donors (Lipinski definition) is 1. The number of likely N-dealkylation sites (N-methyl/N-ethyl adjacent to an activating group) is 1. The summed E-state index contributed by atoms with van der Waals surface area (Å²) >= 11 is 0. The Kier molecular flexibility index (Phi) is 5.93. The van der Waals surface area contributed by atoms with Crippen molar-refractivity contribution in [2.45, 2.75) is 57.5 Å². The predicted molar refractivity (Wildman–Crippen MR) is 78.0 cm³/mol. The fraction of sp³-hybridized carbons (Fsp3) is 1.00. The van der Waals surface area contributed by atoms with Crippen LogP contribution in [0.4, 0.5) is 0 Å². The van der Waals surface area contributed by atoms with E-state index in [1.54, 1.807) is 0 Å². The molecule has 2 aliphatic heterocycles. The number of hydrogen-bond acceptors (Lipinski definition) is 3. The van der Waals surface area contributed by atoms with Crippen molar-refractivity contribution < 1.29 is 0 Å². The lowest BCUT2D eigenvalue weighted by Gasteiger charge is -2.29. The Hall–Kier alpha value is -0.120. The van der Waals surface area contributed by atoms with Crippen molar-refractivity contribution in [3.63, 3.8) is 0 Å². The highest BCUT2D eigenvalue weighted by atomic mass is 15.2. The molecule has 2 saturated heterocycles. The van der Waals surface area contributed by atoms with Crippen LogP contribution in [0.5, 0.6) is 0 Å². The van der Waals surface area contributed by atoms with Gasteiger partial charge in [0.25, 0.3) is 0 Å². The van der Waals surface area contributed by atoms with Crippen molar-refractivity contribution in [2.75, 3.05) is 39.8 Å². The molecule has 2 aliphatic rings. The maximum absolute atomic E-state index is 3.66. The van der Waals surface area contributed by atoms with Crippen LogP contribution < -0.4 is 5.32 Å². The third-order valence-corrected chi connectivity index (χ3v) is 4.59. The molecular formula is C15H31N3. The van der Waals surface area contributed by atoms with Crippen LogP contribution >= 0.6 is 0 Å². The first kappa shape index (κ1) is 14.3. The molecule has 0 aromatic rings. The highest BCUT2D eigenvalue weighted by Gasteiger charge is 2.19. The molecule has 106 valence electrons. The predicted octanol–water partition coefficient (Wildman–Crippen LogP) is 1.93. The van der Waals surface area contributed by atoms with Gasteiger partial charge in [-0.1, -0.05) is 6.42 Å². The Morgan fingerprint density at radius 2 is 2.06 bits per heavy atom. The Labute approximate surface area is 113 Å². The fourth-order valence-electron chi connectivity index (χ4n) is 3.47. The highest BCUT2D eigenvalue weighted by Crippen LogP contribution is 2.14. The molecule has 0 saturated carbocycles. The van der Waals surface area contributed by atoms with Gasteiger partial charge in [0.1, 0.15) is 0 Å². The monoisotopic (exact) mass is 253 g/mol. The Balaban J connectivity index is 1.65. The van der Waals surface area contributed by atoms with Gasteiger partial charge >= 0.3 is 0 Å². The molecule has 2 heterocycles. The molecule has 2 atom stereocenters. The number of nitrogens with one attached hydrogen (secondary N) is 1. The largest absolute Gasteiger partial charge is 0.314 e. The highest BCUT2D eigenvalue weighted by molar-refractivity contribution is 4.77. The zero-order valence-electron chi connectivity index (χ0n) is 12.3. The molecule has 3 heteroatoms. The standard InChI is InChI=1S/C15H31N3/c1-14-13-17(2)10-6-12-18(14)11-5-8-15-7-3-4-9-16-15/h14-16H,3-13H2,1-2H3.